The average Bonchev–Trinajstić information content (AvgIpc) is 2.59. The number of piperidine rings is 1. The molecular weight excluding hydrogens is 314 g/mol. The quantitative estimate of drug-likeness (QED) is 0.889. The fraction of sp³-hybridized carbons (Fsp3) is 0.526. The van der Waals surface area contributed by atoms with Crippen LogP contribution in [0.4, 0.5) is 4.79 Å². The van der Waals surface area contributed by atoms with Gasteiger partial charge in [0.05, 0.1) is 12.2 Å². The fourth-order valence-corrected chi connectivity index (χ4v) is 3.80. The number of hydrogen-bond acceptors (Lipinski definition) is 4. The first-order valence-electron chi connectivity index (χ1n) is 9.16. The Morgan fingerprint density at radius 3 is 3.12 bits per heavy atom. The highest BCUT2D eigenvalue weighted by atomic mass is 16.2. The van der Waals surface area contributed by atoms with Crippen molar-refractivity contribution in [2.24, 2.45) is 10.9 Å². The van der Waals surface area contributed by atoms with Gasteiger partial charge in [0.25, 0.3) is 0 Å². The van der Waals surface area contributed by atoms with E-state index in [1.165, 1.54) is 16.7 Å². The molecule has 3 aliphatic heterocycles. The molecule has 0 saturated carbocycles. The highest BCUT2D eigenvalue weighted by Crippen LogP contribution is 2.37. The van der Waals surface area contributed by atoms with Crippen LogP contribution in [0.15, 0.2) is 23.5 Å². The van der Waals surface area contributed by atoms with E-state index in [0.29, 0.717) is 18.4 Å². The summed E-state index contributed by atoms with van der Waals surface area (Å²) in [6, 6.07) is 2.19. The van der Waals surface area contributed by atoms with E-state index < -0.39 is 0 Å². The smallest absolute Gasteiger partial charge is 0.317 e. The standard InChI is InChI=1S/C19H25N5O/c1-12(2)8-23-19(25)24-7-3-4-13(11-24)14-5-6-20-16-10-22-18-15(9-21-18)17(14)16/h5-6,9,12-13H,3-4,7-8,10-11H2,1-2H3,(H,21,22)(H,23,25). The van der Waals surface area contributed by atoms with Gasteiger partial charge in [-0.2, -0.15) is 0 Å². The van der Waals surface area contributed by atoms with Gasteiger partial charge in [-0.25, -0.2) is 4.79 Å². The zero-order valence-electron chi connectivity index (χ0n) is 14.9. The van der Waals surface area contributed by atoms with Crippen LogP contribution >= 0.6 is 0 Å². The molecule has 132 valence electrons. The molecule has 6 heteroatoms. The van der Waals surface area contributed by atoms with Crippen molar-refractivity contribution >= 4 is 17.4 Å². The molecule has 0 bridgehead atoms. The van der Waals surface area contributed by atoms with Gasteiger partial charge in [0, 0.05) is 49.1 Å². The molecule has 25 heavy (non-hydrogen) atoms. The Hall–Kier alpha value is -2.37. The second-order valence-corrected chi connectivity index (χ2v) is 7.45. The van der Waals surface area contributed by atoms with E-state index in [0.717, 1.165) is 44.0 Å². The molecule has 0 aliphatic carbocycles. The molecule has 0 aromatic carbocycles. The van der Waals surface area contributed by atoms with Crippen LogP contribution in [0.2, 0.25) is 0 Å². The van der Waals surface area contributed by atoms with Gasteiger partial charge in [-0.15, -0.1) is 0 Å². The van der Waals surface area contributed by atoms with E-state index in [2.05, 4.69) is 40.5 Å². The van der Waals surface area contributed by atoms with Gasteiger partial charge in [0.15, 0.2) is 0 Å². The molecule has 4 rings (SSSR count). The number of amides is 2. The largest absolute Gasteiger partial charge is 0.346 e. The molecule has 4 heterocycles. The van der Waals surface area contributed by atoms with Gasteiger partial charge in [-0.1, -0.05) is 13.8 Å². The number of urea groups is 1. The van der Waals surface area contributed by atoms with Crippen molar-refractivity contribution in [3.8, 4) is 0 Å². The molecule has 1 atom stereocenters. The number of carbonyl (C=O) groups excluding carboxylic acids is 1. The molecule has 1 aromatic rings. The number of pyridine rings is 1. The van der Waals surface area contributed by atoms with Gasteiger partial charge >= 0.3 is 6.03 Å². The maximum atomic E-state index is 12.5. The molecule has 3 aliphatic rings. The molecule has 6 nitrogen and oxygen atoms in total. The minimum atomic E-state index is 0.0631. The van der Waals surface area contributed by atoms with Crippen molar-refractivity contribution in [1.29, 1.82) is 0 Å². The molecule has 1 fully saturated rings. The third-order valence-corrected chi connectivity index (χ3v) is 5.14. The number of aliphatic imine (C=N–C) groups is 1. The average molecular weight is 339 g/mol. The molecular formula is C19H25N5O. The number of likely N-dealkylation sites (tertiary alicyclic amines) is 1. The Balaban J connectivity index is 1.54. The summed E-state index contributed by atoms with van der Waals surface area (Å²) < 4.78 is 0. The van der Waals surface area contributed by atoms with Crippen LogP contribution in [-0.2, 0) is 6.54 Å². The summed E-state index contributed by atoms with van der Waals surface area (Å²) in [5, 5.41) is 6.21. The zero-order chi connectivity index (χ0) is 17.4. The number of aromatic nitrogens is 1. The highest BCUT2D eigenvalue weighted by molar-refractivity contribution is 6.29. The topological polar surface area (TPSA) is 69.6 Å². The first kappa shape index (κ1) is 16.1. The van der Waals surface area contributed by atoms with Crippen LogP contribution in [0.3, 0.4) is 0 Å². The summed E-state index contributed by atoms with van der Waals surface area (Å²) in [4.78, 5) is 23.5. The highest BCUT2D eigenvalue weighted by Gasteiger charge is 2.32. The van der Waals surface area contributed by atoms with E-state index in [1.54, 1.807) is 0 Å². The summed E-state index contributed by atoms with van der Waals surface area (Å²) in [5.74, 6) is 1.80. The van der Waals surface area contributed by atoms with Crippen LogP contribution in [-0.4, -0.2) is 41.4 Å². The van der Waals surface area contributed by atoms with Crippen LogP contribution in [0.1, 0.15) is 49.4 Å². The van der Waals surface area contributed by atoms with Crippen LogP contribution in [0.5, 0.6) is 0 Å². The number of rotatable bonds is 3. The maximum absolute atomic E-state index is 12.5. The third-order valence-electron chi connectivity index (χ3n) is 5.14. The Morgan fingerprint density at radius 1 is 1.48 bits per heavy atom. The van der Waals surface area contributed by atoms with Crippen LogP contribution < -0.4 is 10.6 Å². The maximum Gasteiger partial charge on any atom is 0.317 e. The number of amidine groups is 1. The Labute approximate surface area is 148 Å². The van der Waals surface area contributed by atoms with Gasteiger partial charge in [0.1, 0.15) is 5.84 Å². The van der Waals surface area contributed by atoms with Gasteiger partial charge in [0.2, 0.25) is 0 Å². The minimum absolute atomic E-state index is 0.0631. The van der Waals surface area contributed by atoms with Crippen molar-refractivity contribution in [1.82, 2.24) is 20.5 Å². The summed E-state index contributed by atoms with van der Waals surface area (Å²) in [6.07, 6.45) is 6.05. The molecule has 0 radical (unpaired) electrons. The zero-order valence-corrected chi connectivity index (χ0v) is 14.9. The third kappa shape index (κ3) is 3.01. The second kappa shape index (κ2) is 6.50. The van der Waals surface area contributed by atoms with E-state index >= 15 is 0 Å². The van der Waals surface area contributed by atoms with Gasteiger partial charge in [-0.05, 0) is 30.4 Å². The molecule has 2 N–H and O–H groups in total. The van der Waals surface area contributed by atoms with Crippen molar-refractivity contribution in [3.05, 3.63) is 35.3 Å². The first-order chi connectivity index (χ1) is 12.1. The summed E-state index contributed by atoms with van der Waals surface area (Å²) in [5.41, 5.74) is 4.77. The SMILES string of the molecule is CC(C)CNC(=O)N1CCCC(c2ccnc3c2C2=CNC2=NC3)C1. The van der Waals surface area contributed by atoms with E-state index in [-0.39, 0.29) is 6.03 Å². The normalized spacial score (nSPS) is 21.4. The van der Waals surface area contributed by atoms with E-state index in [4.69, 9.17) is 0 Å². The van der Waals surface area contributed by atoms with Crippen LogP contribution in [0, 0.1) is 5.92 Å². The predicted molar refractivity (Wildman–Crippen MR) is 98.3 cm³/mol. The lowest BCUT2D eigenvalue weighted by Crippen LogP contribution is -2.46. The number of nitrogens with one attached hydrogen (secondary N) is 2. The first-order valence-corrected chi connectivity index (χ1v) is 9.16. The number of hydrogen-bond donors (Lipinski definition) is 2. The van der Waals surface area contributed by atoms with Crippen molar-refractivity contribution in [2.75, 3.05) is 19.6 Å². The van der Waals surface area contributed by atoms with Crippen molar-refractivity contribution in [2.45, 2.75) is 39.2 Å². The lowest BCUT2D eigenvalue weighted by molar-refractivity contribution is 0.178. The van der Waals surface area contributed by atoms with E-state index in [1.807, 2.05) is 17.3 Å². The summed E-state index contributed by atoms with van der Waals surface area (Å²) >= 11 is 0. The predicted octanol–water partition coefficient (Wildman–Crippen LogP) is 2.48. The van der Waals surface area contributed by atoms with Crippen LogP contribution in [0.25, 0.3) is 5.57 Å². The molecule has 1 aromatic heterocycles. The summed E-state index contributed by atoms with van der Waals surface area (Å²) in [6.45, 7) is 7.19. The molecule has 1 unspecified atom stereocenters. The number of carbonyl (C=O) groups is 1. The van der Waals surface area contributed by atoms with Crippen molar-refractivity contribution in [3.63, 3.8) is 0 Å². The lowest BCUT2D eigenvalue weighted by atomic mass is 9.83. The van der Waals surface area contributed by atoms with Gasteiger partial charge in [-0.3, -0.25) is 9.98 Å². The fourth-order valence-electron chi connectivity index (χ4n) is 3.80. The Kier molecular flexibility index (Phi) is 4.19. The molecule has 0 spiro atoms. The lowest BCUT2D eigenvalue weighted by Gasteiger charge is -2.36. The minimum Gasteiger partial charge on any atom is -0.346 e. The summed E-state index contributed by atoms with van der Waals surface area (Å²) in [7, 11) is 0. The number of fused-ring (bicyclic) bond motifs is 3. The Morgan fingerprint density at radius 2 is 2.36 bits per heavy atom. The van der Waals surface area contributed by atoms with Gasteiger partial charge < -0.3 is 15.5 Å². The number of nitrogens with zero attached hydrogens (tertiary/aromatic N) is 3. The molecule has 1 saturated heterocycles. The monoisotopic (exact) mass is 339 g/mol. The Bertz CT molecular complexity index is 752. The molecule has 2 amide bonds. The van der Waals surface area contributed by atoms with E-state index in [9.17, 15) is 4.79 Å². The second-order valence-electron chi connectivity index (χ2n) is 7.45. The van der Waals surface area contributed by atoms with Crippen molar-refractivity contribution < 1.29 is 4.79 Å².